The summed E-state index contributed by atoms with van der Waals surface area (Å²) in [5, 5.41) is 16.4. The van der Waals surface area contributed by atoms with Gasteiger partial charge >= 0.3 is 0 Å². The molecule has 0 bridgehead atoms. The molecule has 21 heavy (non-hydrogen) atoms. The Kier molecular flexibility index (Phi) is 5.79. The number of carbonyl (C=O) groups excluding carboxylic acids is 1. The van der Waals surface area contributed by atoms with Gasteiger partial charge in [0.05, 0.1) is 12.1 Å². The maximum Gasteiger partial charge on any atom is 0.238 e. The molecule has 0 spiro atoms. The number of hydrogen-bond acceptors (Lipinski definition) is 3. The summed E-state index contributed by atoms with van der Waals surface area (Å²) in [6, 6.07) is 7.49. The predicted molar refractivity (Wildman–Crippen MR) is 88.2 cm³/mol. The van der Waals surface area contributed by atoms with E-state index in [9.17, 15) is 9.90 Å². The average molecular weight is 355 g/mol. The summed E-state index contributed by atoms with van der Waals surface area (Å²) < 4.78 is 0.929. The fraction of sp³-hybridized carbons (Fsp3) is 0.562. The van der Waals surface area contributed by atoms with Gasteiger partial charge in [0.25, 0.3) is 0 Å². The minimum atomic E-state index is -0.659. The molecule has 0 radical (unpaired) electrons. The molecular weight excluding hydrogens is 332 g/mol. The SMILES string of the molecule is CC1CCCC(O)(CNCC(=O)Nc2cccc(Br)c2)C1. The molecular formula is C16H23BrN2O2. The van der Waals surface area contributed by atoms with Crippen molar-refractivity contribution >= 4 is 27.5 Å². The Labute approximate surface area is 134 Å². The van der Waals surface area contributed by atoms with Crippen LogP contribution in [0.15, 0.2) is 28.7 Å². The van der Waals surface area contributed by atoms with Gasteiger partial charge in [-0.25, -0.2) is 0 Å². The van der Waals surface area contributed by atoms with Gasteiger partial charge in [-0.05, 0) is 37.0 Å². The number of anilines is 1. The van der Waals surface area contributed by atoms with Crippen molar-refractivity contribution in [3.8, 4) is 0 Å². The van der Waals surface area contributed by atoms with E-state index in [0.29, 0.717) is 12.5 Å². The van der Waals surface area contributed by atoms with E-state index >= 15 is 0 Å². The van der Waals surface area contributed by atoms with E-state index in [2.05, 4.69) is 33.5 Å². The summed E-state index contributed by atoms with van der Waals surface area (Å²) in [5.41, 5.74) is 0.106. The lowest BCUT2D eigenvalue weighted by Gasteiger charge is -2.35. The summed E-state index contributed by atoms with van der Waals surface area (Å²) in [4.78, 5) is 11.9. The molecule has 1 fully saturated rings. The molecule has 1 amide bonds. The van der Waals surface area contributed by atoms with E-state index in [-0.39, 0.29) is 12.5 Å². The van der Waals surface area contributed by atoms with Crippen molar-refractivity contribution in [1.82, 2.24) is 5.32 Å². The lowest BCUT2D eigenvalue weighted by Crippen LogP contribution is -2.45. The molecule has 2 unspecified atom stereocenters. The Bertz CT molecular complexity index is 495. The fourth-order valence-corrected chi connectivity index (χ4v) is 3.37. The Morgan fingerprint density at radius 3 is 3.05 bits per heavy atom. The molecule has 0 aliphatic heterocycles. The highest BCUT2D eigenvalue weighted by Crippen LogP contribution is 2.31. The quantitative estimate of drug-likeness (QED) is 0.761. The molecule has 1 aliphatic rings. The van der Waals surface area contributed by atoms with Gasteiger partial charge in [-0.15, -0.1) is 0 Å². The van der Waals surface area contributed by atoms with Gasteiger partial charge in [0.1, 0.15) is 0 Å². The smallest absolute Gasteiger partial charge is 0.238 e. The third-order valence-corrected chi connectivity index (χ3v) is 4.41. The standard InChI is InChI=1S/C16H23BrN2O2/c1-12-4-3-7-16(21,9-12)11-18-10-15(20)19-14-6-2-5-13(17)8-14/h2,5-6,8,12,18,21H,3-4,7,9-11H2,1H3,(H,19,20). The Hall–Kier alpha value is -0.910. The third-order valence-electron chi connectivity index (χ3n) is 3.92. The second kappa shape index (κ2) is 7.38. The summed E-state index contributed by atoms with van der Waals surface area (Å²) >= 11 is 3.37. The molecule has 1 aromatic rings. The number of amides is 1. The highest BCUT2D eigenvalue weighted by Gasteiger charge is 2.32. The Morgan fingerprint density at radius 1 is 1.52 bits per heavy atom. The first-order valence-corrected chi connectivity index (χ1v) is 8.25. The molecule has 0 aromatic heterocycles. The number of halogens is 1. The first-order valence-electron chi connectivity index (χ1n) is 7.45. The monoisotopic (exact) mass is 354 g/mol. The maximum absolute atomic E-state index is 11.9. The highest BCUT2D eigenvalue weighted by atomic mass is 79.9. The molecule has 4 nitrogen and oxygen atoms in total. The van der Waals surface area contributed by atoms with Crippen molar-refractivity contribution in [3.05, 3.63) is 28.7 Å². The Balaban J connectivity index is 1.74. The van der Waals surface area contributed by atoms with Crippen LogP contribution in [0.25, 0.3) is 0 Å². The van der Waals surface area contributed by atoms with Crippen molar-refractivity contribution in [3.63, 3.8) is 0 Å². The third kappa shape index (κ3) is 5.41. The molecule has 5 heteroatoms. The molecule has 2 atom stereocenters. The predicted octanol–water partition coefficient (Wildman–Crippen LogP) is 2.92. The van der Waals surface area contributed by atoms with Crippen LogP contribution in [-0.2, 0) is 4.79 Å². The van der Waals surface area contributed by atoms with Crippen molar-refractivity contribution < 1.29 is 9.90 Å². The van der Waals surface area contributed by atoms with E-state index in [1.807, 2.05) is 24.3 Å². The number of benzene rings is 1. The second-order valence-corrected chi connectivity index (χ2v) is 7.00. The first kappa shape index (κ1) is 16.5. The van der Waals surface area contributed by atoms with Crippen molar-refractivity contribution in [2.45, 2.75) is 38.2 Å². The number of nitrogens with one attached hydrogen (secondary N) is 2. The van der Waals surface area contributed by atoms with Crippen LogP contribution < -0.4 is 10.6 Å². The Morgan fingerprint density at radius 2 is 2.33 bits per heavy atom. The van der Waals surface area contributed by atoms with Gasteiger partial charge in [0, 0.05) is 16.7 Å². The maximum atomic E-state index is 11.9. The van der Waals surface area contributed by atoms with Crippen molar-refractivity contribution in [1.29, 1.82) is 0 Å². The highest BCUT2D eigenvalue weighted by molar-refractivity contribution is 9.10. The van der Waals surface area contributed by atoms with Crippen LogP contribution in [0, 0.1) is 5.92 Å². The number of carbonyl (C=O) groups is 1. The molecule has 0 saturated heterocycles. The lowest BCUT2D eigenvalue weighted by atomic mass is 9.79. The van der Waals surface area contributed by atoms with Crippen LogP contribution in [0.5, 0.6) is 0 Å². The van der Waals surface area contributed by atoms with Gasteiger partial charge in [-0.2, -0.15) is 0 Å². The lowest BCUT2D eigenvalue weighted by molar-refractivity contribution is -0.115. The largest absolute Gasteiger partial charge is 0.389 e. The minimum absolute atomic E-state index is 0.0967. The molecule has 1 saturated carbocycles. The van der Waals surface area contributed by atoms with Gasteiger partial charge in [-0.3, -0.25) is 4.79 Å². The zero-order valence-corrected chi connectivity index (χ0v) is 13.9. The summed E-state index contributed by atoms with van der Waals surface area (Å²) in [6.45, 7) is 2.86. The average Bonchev–Trinajstić information content (AvgIpc) is 2.38. The van der Waals surface area contributed by atoms with Crippen LogP contribution in [-0.4, -0.2) is 29.7 Å². The van der Waals surface area contributed by atoms with Crippen LogP contribution >= 0.6 is 15.9 Å². The second-order valence-electron chi connectivity index (χ2n) is 6.09. The number of rotatable bonds is 5. The molecule has 0 heterocycles. The molecule has 3 N–H and O–H groups in total. The zero-order valence-electron chi connectivity index (χ0n) is 12.4. The number of aliphatic hydroxyl groups is 1. The normalized spacial score (nSPS) is 25.6. The number of hydrogen-bond donors (Lipinski definition) is 3. The van der Waals surface area contributed by atoms with Gasteiger partial charge < -0.3 is 15.7 Å². The molecule has 2 rings (SSSR count). The van der Waals surface area contributed by atoms with E-state index < -0.39 is 5.60 Å². The van der Waals surface area contributed by atoms with E-state index in [1.165, 1.54) is 6.42 Å². The first-order chi connectivity index (χ1) is 9.97. The van der Waals surface area contributed by atoms with Crippen LogP contribution in [0.4, 0.5) is 5.69 Å². The van der Waals surface area contributed by atoms with Crippen molar-refractivity contribution in [2.75, 3.05) is 18.4 Å². The van der Waals surface area contributed by atoms with Crippen LogP contribution in [0.1, 0.15) is 32.6 Å². The fourth-order valence-electron chi connectivity index (χ4n) is 2.97. The topological polar surface area (TPSA) is 61.4 Å². The van der Waals surface area contributed by atoms with Gasteiger partial charge in [0.15, 0.2) is 0 Å². The van der Waals surface area contributed by atoms with E-state index in [1.54, 1.807) is 0 Å². The van der Waals surface area contributed by atoms with Gasteiger partial charge in [0.2, 0.25) is 5.91 Å². The van der Waals surface area contributed by atoms with Crippen LogP contribution in [0.3, 0.4) is 0 Å². The molecule has 1 aromatic carbocycles. The zero-order chi connectivity index (χ0) is 15.3. The summed E-state index contributed by atoms with van der Waals surface area (Å²) in [6.07, 6.45) is 3.88. The van der Waals surface area contributed by atoms with E-state index in [0.717, 1.165) is 29.4 Å². The summed E-state index contributed by atoms with van der Waals surface area (Å²) in [7, 11) is 0. The van der Waals surface area contributed by atoms with Crippen molar-refractivity contribution in [2.24, 2.45) is 5.92 Å². The van der Waals surface area contributed by atoms with Crippen LogP contribution in [0.2, 0.25) is 0 Å². The minimum Gasteiger partial charge on any atom is -0.389 e. The van der Waals surface area contributed by atoms with E-state index in [4.69, 9.17) is 0 Å². The molecule has 1 aliphatic carbocycles. The summed E-state index contributed by atoms with van der Waals surface area (Å²) in [5.74, 6) is 0.460. The van der Waals surface area contributed by atoms with Gasteiger partial charge in [-0.1, -0.05) is 41.8 Å². The molecule has 116 valence electrons.